The van der Waals surface area contributed by atoms with Crippen LogP contribution in [0.3, 0.4) is 0 Å². The Labute approximate surface area is 83.4 Å². The predicted octanol–water partition coefficient (Wildman–Crippen LogP) is 2.09. The van der Waals surface area contributed by atoms with E-state index < -0.39 is 5.91 Å². The van der Waals surface area contributed by atoms with Gasteiger partial charge in [-0.15, -0.1) is 0 Å². The second kappa shape index (κ2) is 4.18. The third-order valence-corrected chi connectivity index (χ3v) is 1.99. The number of benzene rings is 1. The molecular formula is C9H7BrFNO. The Morgan fingerprint density at radius 3 is 2.77 bits per heavy atom. The Bertz CT molecular complexity index is 363. The summed E-state index contributed by atoms with van der Waals surface area (Å²) >= 11 is 3.03. The Morgan fingerprint density at radius 1 is 1.54 bits per heavy atom. The van der Waals surface area contributed by atoms with Gasteiger partial charge in [0.1, 0.15) is 5.82 Å². The SMILES string of the molecule is NC(=O)/C=C\c1ccc(F)c(Br)c1. The van der Waals surface area contributed by atoms with E-state index in [-0.39, 0.29) is 5.82 Å². The third-order valence-electron chi connectivity index (χ3n) is 1.38. The Hall–Kier alpha value is -1.16. The van der Waals surface area contributed by atoms with Crippen molar-refractivity contribution < 1.29 is 9.18 Å². The fraction of sp³-hybridized carbons (Fsp3) is 0. The molecule has 1 aromatic carbocycles. The van der Waals surface area contributed by atoms with Crippen molar-refractivity contribution in [1.82, 2.24) is 0 Å². The maximum Gasteiger partial charge on any atom is 0.241 e. The van der Waals surface area contributed by atoms with Crippen molar-refractivity contribution in [3.05, 3.63) is 40.1 Å². The molecule has 2 nitrogen and oxygen atoms in total. The van der Waals surface area contributed by atoms with Gasteiger partial charge in [0.25, 0.3) is 0 Å². The van der Waals surface area contributed by atoms with Crippen LogP contribution in [-0.4, -0.2) is 5.91 Å². The van der Waals surface area contributed by atoms with Gasteiger partial charge in [-0.2, -0.15) is 0 Å². The topological polar surface area (TPSA) is 43.1 Å². The van der Waals surface area contributed by atoms with Gasteiger partial charge in [-0.3, -0.25) is 4.79 Å². The average molecular weight is 244 g/mol. The number of halogens is 2. The molecule has 0 aliphatic carbocycles. The molecule has 0 radical (unpaired) electrons. The van der Waals surface area contributed by atoms with Gasteiger partial charge in [0.15, 0.2) is 0 Å². The summed E-state index contributed by atoms with van der Waals surface area (Å²) in [6.45, 7) is 0. The van der Waals surface area contributed by atoms with Gasteiger partial charge < -0.3 is 5.73 Å². The Balaban J connectivity index is 2.92. The lowest BCUT2D eigenvalue weighted by Crippen LogP contribution is -2.05. The molecule has 0 atom stereocenters. The van der Waals surface area contributed by atoms with Crippen molar-refractivity contribution in [2.75, 3.05) is 0 Å². The van der Waals surface area contributed by atoms with E-state index in [0.29, 0.717) is 10.0 Å². The molecule has 68 valence electrons. The molecule has 0 aliphatic rings. The average Bonchev–Trinajstić information content (AvgIpc) is 2.07. The van der Waals surface area contributed by atoms with E-state index in [0.717, 1.165) is 0 Å². The summed E-state index contributed by atoms with van der Waals surface area (Å²) in [6, 6.07) is 4.43. The molecular weight excluding hydrogens is 237 g/mol. The lowest BCUT2D eigenvalue weighted by Gasteiger charge is -1.95. The summed E-state index contributed by atoms with van der Waals surface area (Å²) in [5.41, 5.74) is 5.61. The van der Waals surface area contributed by atoms with E-state index in [1.165, 1.54) is 18.2 Å². The molecule has 1 rings (SSSR count). The van der Waals surface area contributed by atoms with Crippen molar-refractivity contribution in [1.29, 1.82) is 0 Å². The number of hydrogen-bond donors (Lipinski definition) is 1. The molecule has 0 fully saturated rings. The van der Waals surface area contributed by atoms with Crippen molar-refractivity contribution in [3.63, 3.8) is 0 Å². The molecule has 0 heterocycles. The molecule has 0 saturated carbocycles. The smallest absolute Gasteiger partial charge is 0.241 e. The fourth-order valence-electron chi connectivity index (χ4n) is 0.794. The third kappa shape index (κ3) is 2.99. The van der Waals surface area contributed by atoms with Crippen LogP contribution >= 0.6 is 15.9 Å². The van der Waals surface area contributed by atoms with E-state index in [2.05, 4.69) is 15.9 Å². The Morgan fingerprint density at radius 2 is 2.23 bits per heavy atom. The molecule has 0 aromatic heterocycles. The summed E-state index contributed by atoms with van der Waals surface area (Å²) in [6.07, 6.45) is 2.74. The van der Waals surface area contributed by atoms with Gasteiger partial charge in [0.2, 0.25) is 5.91 Å². The molecule has 0 spiro atoms. The highest BCUT2D eigenvalue weighted by atomic mass is 79.9. The minimum absolute atomic E-state index is 0.337. The monoisotopic (exact) mass is 243 g/mol. The van der Waals surface area contributed by atoms with Gasteiger partial charge in [-0.1, -0.05) is 6.07 Å². The fourth-order valence-corrected chi connectivity index (χ4v) is 1.19. The first-order chi connectivity index (χ1) is 6.09. The van der Waals surface area contributed by atoms with Gasteiger partial charge in [0.05, 0.1) is 4.47 Å². The van der Waals surface area contributed by atoms with E-state index >= 15 is 0 Å². The van der Waals surface area contributed by atoms with Gasteiger partial charge in [0, 0.05) is 6.08 Å². The molecule has 0 saturated heterocycles. The van der Waals surface area contributed by atoms with E-state index in [1.54, 1.807) is 12.1 Å². The molecule has 1 aromatic rings. The molecule has 0 aliphatic heterocycles. The van der Waals surface area contributed by atoms with Gasteiger partial charge in [-0.05, 0) is 39.7 Å². The van der Waals surface area contributed by atoms with Crippen LogP contribution in [0.4, 0.5) is 4.39 Å². The number of primary amides is 1. The molecule has 0 bridgehead atoms. The highest BCUT2D eigenvalue weighted by Crippen LogP contribution is 2.17. The standard InChI is InChI=1S/C9H7BrFNO/c10-7-5-6(1-3-8(7)11)2-4-9(12)13/h1-5H,(H2,12,13)/b4-2-. The highest BCUT2D eigenvalue weighted by Gasteiger charge is 1.97. The van der Waals surface area contributed by atoms with Crippen molar-refractivity contribution in [2.45, 2.75) is 0 Å². The number of nitrogens with two attached hydrogens (primary N) is 1. The molecule has 2 N–H and O–H groups in total. The first-order valence-electron chi connectivity index (χ1n) is 3.52. The van der Waals surface area contributed by atoms with Crippen molar-refractivity contribution >= 4 is 27.9 Å². The summed E-state index contributed by atoms with van der Waals surface area (Å²) in [4.78, 5) is 10.4. The second-order valence-corrected chi connectivity index (χ2v) is 3.26. The first kappa shape index (κ1) is 9.92. The molecule has 1 amide bonds. The lowest BCUT2D eigenvalue weighted by molar-refractivity contribution is -0.113. The van der Waals surface area contributed by atoms with Crippen molar-refractivity contribution in [2.24, 2.45) is 5.73 Å². The quantitative estimate of drug-likeness (QED) is 0.795. The largest absolute Gasteiger partial charge is 0.366 e. The van der Waals surface area contributed by atoms with Crippen LogP contribution in [0.2, 0.25) is 0 Å². The zero-order chi connectivity index (χ0) is 9.84. The summed E-state index contributed by atoms with van der Waals surface area (Å²) in [5, 5.41) is 0. The first-order valence-corrected chi connectivity index (χ1v) is 4.31. The second-order valence-electron chi connectivity index (χ2n) is 2.41. The minimum Gasteiger partial charge on any atom is -0.366 e. The summed E-state index contributed by atoms with van der Waals surface area (Å²) in [5.74, 6) is -0.864. The van der Waals surface area contributed by atoms with E-state index in [9.17, 15) is 9.18 Å². The molecule has 13 heavy (non-hydrogen) atoms. The molecule has 4 heteroatoms. The summed E-state index contributed by atoms with van der Waals surface area (Å²) in [7, 11) is 0. The number of carbonyl (C=O) groups is 1. The zero-order valence-corrected chi connectivity index (χ0v) is 8.21. The van der Waals surface area contributed by atoms with Crippen LogP contribution in [-0.2, 0) is 4.79 Å². The van der Waals surface area contributed by atoms with E-state index in [4.69, 9.17) is 5.73 Å². The highest BCUT2D eigenvalue weighted by molar-refractivity contribution is 9.10. The van der Waals surface area contributed by atoms with Crippen LogP contribution < -0.4 is 5.73 Å². The number of carbonyl (C=O) groups excluding carboxylic acids is 1. The predicted molar refractivity (Wildman–Crippen MR) is 52.3 cm³/mol. The maximum absolute atomic E-state index is 12.7. The van der Waals surface area contributed by atoms with Crippen LogP contribution in [0.5, 0.6) is 0 Å². The lowest BCUT2D eigenvalue weighted by atomic mass is 10.2. The van der Waals surface area contributed by atoms with Gasteiger partial charge >= 0.3 is 0 Å². The van der Waals surface area contributed by atoms with Crippen LogP contribution in [0, 0.1) is 5.82 Å². The van der Waals surface area contributed by atoms with Crippen molar-refractivity contribution in [3.8, 4) is 0 Å². The normalized spacial score (nSPS) is 10.6. The van der Waals surface area contributed by atoms with Crippen LogP contribution in [0.15, 0.2) is 28.7 Å². The number of hydrogen-bond acceptors (Lipinski definition) is 1. The number of rotatable bonds is 2. The zero-order valence-electron chi connectivity index (χ0n) is 6.63. The number of amides is 1. The maximum atomic E-state index is 12.7. The molecule has 0 unspecified atom stereocenters. The van der Waals surface area contributed by atoms with Crippen LogP contribution in [0.25, 0.3) is 6.08 Å². The van der Waals surface area contributed by atoms with Gasteiger partial charge in [-0.25, -0.2) is 4.39 Å². The Kier molecular flexibility index (Phi) is 3.19. The minimum atomic E-state index is -0.527. The summed E-state index contributed by atoms with van der Waals surface area (Å²) < 4.78 is 13.1. The van der Waals surface area contributed by atoms with Crippen LogP contribution in [0.1, 0.15) is 5.56 Å². The van der Waals surface area contributed by atoms with E-state index in [1.807, 2.05) is 0 Å².